The van der Waals surface area contributed by atoms with E-state index in [1.54, 1.807) is 12.4 Å². The predicted octanol–water partition coefficient (Wildman–Crippen LogP) is 2.22. The number of nitrogens with zero attached hydrogens (tertiary/aromatic N) is 1. The summed E-state index contributed by atoms with van der Waals surface area (Å²) in [5.41, 5.74) is 8.00. The molecular weight excluding hydrogens is 250 g/mol. The summed E-state index contributed by atoms with van der Waals surface area (Å²) in [6, 6.07) is 11.8. The maximum Gasteiger partial charge on any atom is 0.252 e. The molecule has 2 rings (SSSR count). The Bertz CT molecular complexity index is 555. The summed E-state index contributed by atoms with van der Waals surface area (Å²) >= 11 is 0. The standard InChI is InChI=1S/C16H19N3O/c17-8-4-5-9-19-16(20)15-10-14(11-18-12-15)13-6-2-1-3-7-13/h1-3,6-7,10-12H,4-5,8-9,17H2,(H,19,20). The molecule has 3 N–H and O–H groups in total. The molecule has 0 saturated carbocycles. The zero-order valence-corrected chi connectivity index (χ0v) is 11.4. The molecular formula is C16H19N3O. The van der Waals surface area contributed by atoms with Gasteiger partial charge in [0.25, 0.3) is 5.91 Å². The fraction of sp³-hybridized carbons (Fsp3) is 0.250. The Kier molecular flexibility index (Phi) is 5.26. The Balaban J connectivity index is 2.04. The smallest absolute Gasteiger partial charge is 0.252 e. The zero-order valence-electron chi connectivity index (χ0n) is 11.4. The van der Waals surface area contributed by atoms with E-state index in [2.05, 4.69) is 10.3 Å². The predicted molar refractivity (Wildman–Crippen MR) is 80.3 cm³/mol. The molecule has 0 atom stereocenters. The quantitative estimate of drug-likeness (QED) is 0.790. The molecule has 104 valence electrons. The number of nitrogens with two attached hydrogens (primary N) is 1. The van der Waals surface area contributed by atoms with Crippen molar-refractivity contribution in [1.29, 1.82) is 0 Å². The number of benzene rings is 1. The van der Waals surface area contributed by atoms with E-state index < -0.39 is 0 Å². The highest BCUT2D eigenvalue weighted by atomic mass is 16.1. The number of carbonyl (C=O) groups excluding carboxylic acids is 1. The third-order valence-corrected chi connectivity index (χ3v) is 3.02. The lowest BCUT2D eigenvalue weighted by atomic mass is 10.1. The summed E-state index contributed by atoms with van der Waals surface area (Å²) in [4.78, 5) is 16.2. The Morgan fingerprint density at radius 3 is 2.65 bits per heavy atom. The van der Waals surface area contributed by atoms with Crippen LogP contribution in [-0.4, -0.2) is 24.0 Å². The zero-order chi connectivity index (χ0) is 14.2. The van der Waals surface area contributed by atoms with E-state index in [4.69, 9.17) is 5.73 Å². The number of amides is 1. The van der Waals surface area contributed by atoms with Crippen LogP contribution in [0.25, 0.3) is 11.1 Å². The second kappa shape index (κ2) is 7.40. The topological polar surface area (TPSA) is 68.0 Å². The van der Waals surface area contributed by atoms with Gasteiger partial charge in [0.2, 0.25) is 0 Å². The van der Waals surface area contributed by atoms with Crippen LogP contribution in [0.15, 0.2) is 48.8 Å². The molecule has 1 aromatic heterocycles. The van der Waals surface area contributed by atoms with Crippen molar-refractivity contribution < 1.29 is 4.79 Å². The Morgan fingerprint density at radius 1 is 1.10 bits per heavy atom. The molecule has 0 radical (unpaired) electrons. The van der Waals surface area contributed by atoms with E-state index in [-0.39, 0.29) is 5.91 Å². The lowest BCUT2D eigenvalue weighted by Crippen LogP contribution is -2.25. The highest BCUT2D eigenvalue weighted by molar-refractivity contribution is 5.95. The van der Waals surface area contributed by atoms with Crippen molar-refractivity contribution in [3.63, 3.8) is 0 Å². The monoisotopic (exact) mass is 269 g/mol. The van der Waals surface area contributed by atoms with Crippen LogP contribution in [0.4, 0.5) is 0 Å². The van der Waals surface area contributed by atoms with Gasteiger partial charge in [0.15, 0.2) is 0 Å². The summed E-state index contributed by atoms with van der Waals surface area (Å²) in [6.07, 6.45) is 5.17. The number of rotatable bonds is 6. The van der Waals surface area contributed by atoms with Gasteiger partial charge in [0, 0.05) is 24.5 Å². The summed E-state index contributed by atoms with van der Waals surface area (Å²) in [5, 5.41) is 2.88. The molecule has 1 aromatic carbocycles. The molecule has 0 saturated heterocycles. The molecule has 1 amide bonds. The van der Waals surface area contributed by atoms with Gasteiger partial charge in [-0.05, 0) is 31.0 Å². The van der Waals surface area contributed by atoms with Crippen molar-refractivity contribution in [2.24, 2.45) is 5.73 Å². The van der Waals surface area contributed by atoms with Crippen molar-refractivity contribution in [1.82, 2.24) is 10.3 Å². The van der Waals surface area contributed by atoms with E-state index in [9.17, 15) is 4.79 Å². The lowest BCUT2D eigenvalue weighted by molar-refractivity contribution is 0.0952. The van der Waals surface area contributed by atoms with Gasteiger partial charge in [-0.2, -0.15) is 0 Å². The van der Waals surface area contributed by atoms with E-state index in [0.29, 0.717) is 18.7 Å². The normalized spacial score (nSPS) is 10.2. The minimum Gasteiger partial charge on any atom is -0.352 e. The van der Waals surface area contributed by atoms with Gasteiger partial charge < -0.3 is 11.1 Å². The first-order chi connectivity index (χ1) is 9.81. The van der Waals surface area contributed by atoms with Crippen molar-refractivity contribution in [3.8, 4) is 11.1 Å². The number of hydrogen-bond acceptors (Lipinski definition) is 3. The number of unbranched alkanes of at least 4 members (excludes halogenated alkanes) is 1. The lowest BCUT2D eigenvalue weighted by Gasteiger charge is -2.06. The SMILES string of the molecule is NCCCCNC(=O)c1cncc(-c2ccccc2)c1. The molecule has 0 unspecified atom stereocenters. The number of aromatic nitrogens is 1. The molecule has 0 aliphatic heterocycles. The molecule has 1 heterocycles. The van der Waals surface area contributed by atoms with Crippen LogP contribution >= 0.6 is 0 Å². The summed E-state index contributed by atoms with van der Waals surface area (Å²) < 4.78 is 0. The van der Waals surface area contributed by atoms with Gasteiger partial charge in [0.1, 0.15) is 0 Å². The van der Waals surface area contributed by atoms with Gasteiger partial charge in [-0.15, -0.1) is 0 Å². The van der Waals surface area contributed by atoms with Crippen LogP contribution in [0.3, 0.4) is 0 Å². The second-order valence-corrected chi connectivity index (χ2v) is 4.58. The fourth-order valence-electron chi connectivity index (χ4n) is 1.93. The van der Waals surface area contributed by atoms with Crippen LogP contribution < -0.4 is 11.1 Å². The number of carbonyl (C=O) groups is 1. The number of nitrogens with one attached hydrogen (secondary N) is 1. The Labute approximate surface area is 119 Å². The first-order valence-corrected chi connectivity index (χ1v) is 6.80. The summed E-state index contributed by atoms with van der Waals surface area (Å²) in [7, 11) is 0. The molecule has 0 aliphatic rings. The minimum absolute atomic E-state index is 0.0905. The molecule has 0 fully saturated rings. The van der Waals surface area contributed by atoms with E-state index in [1.807, 2.05) is 36.4 Å². The Morgan fingerprint density at radius 2 is 1.90 bits per heavy atom. The number of pyridine rings is 1. The average molecular weight is 269 g/mol. The van der Waals surface area contributed by atoms with Gasteiger partial charge >= 0.3 is 0 Å². The maximum absolute atomic E-state index is 12.0. The average Bonchev–Trinajstić information content (AvgIpc) is 2.52. The maximum atomic E-state index is 12.0. The van der Waals surface area contributed by atoms with E-state index in [1.165, 1.54) is 0 Å². The van der Waals surface area contributed by atoms with Crippen LogP contribution in [-0.2, 0) is 0 Å². The Hall–Kier alpha value is -2.20. The van der Waals surface area contributed by atoms with Crippen molar-refractivity contribution in [2.45, 2.75) is 12.8 Å². The van der Waals surface area contributed by atoms with Crippen LogP contribution in [0.5, 0.6) is 0 Å². The molecule has 2 aromatic rings. The molecule has 4 heteroatoms. The van der Waals surface area contributed by atoms with Crippen molar-refractivity contribution in [3.05, 3.63) is 54.4 Å². The summed E-state index contributed by atoms with van der Waals surface area (Å²) in [6.45, 7) is 1.30. The third-order valence-electron chi connectivity index (χ3n) is 3.02. The highest BCUT2D eigenvalue weighted by Gasteiger charge is 2.07. The van der Waals surface area contributed by atoms with Crippen LogP contribution in [0.1, 0.15) is 23.2 Å². The summed E-state index contributed by atoms with van der Waals surface area (Å²) in [5.74, 6) is -0.0905. The van der Waals surface area contributed by atoms with Gasteiger partial charge in [-0.1, -0.05) is 30.3 Å². The molecule has 0 spiro atoms. The second-order valence-electron chi connectivity index (χ2n) is 4.58. The van der Waals surface area contributed by atoms with Crippen molar-refractivity contribution in [2.75, 3.05) is 13.1 Å². The highest BCUT2D eigenvalue weighted by Crippen LogP contribution is 2.18. The largest absolute Gasteiger partial charge is 0.352 e. The number of hydrogen-bond donors (Lipinski definition) is 2. The first-order valence-electron chi connectivity index (χ1n) is 6.80. The van der Waals surface area contributed by atoms with Gasteiger partial charge in [-0.3, -0.25) is 9.78 Å². The van der Waals surface area contributed by atoms with Gasteiger partial charge in [-0.25, -0.2) is 0 Å². The van der Waals surface area contributed by atoms with E-state index >= 15 is 0 Å². The minimum atomic E-state index is -0.0905. The van der Waals surface area contributed by atoms with Gasteiger partial charge in [0.05, 0.1) is 5.56 Å². The van der Waals surface area contributed by atoms with E-state index in [0.717, 1.165) is 24.0 Å². The van der Waals surface area contributed by atoms with Crippen LogP contribution in [0, 0.1) is 0 Å². The molecule has 0 bridgehead atoms. The molecule has 20 heavy (non-hydrogen) atoms. The van der Waals surface area contributed by atoms with Crippen LogP contribution in [0.2, 0.25) is 0 Å². The van der Waals surface area contributed by atoms with Crippen molar-refractivity contribution >= 4 is 5.91 Å². The molecule has 0 aliphatic carbocycles. The molecule has 4 nitrogen and oxygen atoms in total. The first kappa shape index (κ1) is 14.2. The fourth-order valence-corrected chi connectivity index (χ4v) is 1.93. The third kappa shape index (κ3) is 3.90.